The second kappa shape index (κ2) is 6.78. The van der Waals surface area contributed by atoms with E-state index in [0.29, 0.717) is 5.91 Å². The molecule has 7 heteroatoms. The van der Waals surface area contributed by atoms with Crippen LogP contribution < -0.4 is 10.2 Å². The number of anilines is 1. The lowest BCUT2D eigenvalue weighted by atomic mass is 9.92. The van der Waals surface area contributed by atoms with Crippen LogP contribution in [0.15, 0.2) is 17.8 Å². The molecule has 3 saturated heterocycles. The second-order valence-electron chi connectivity index (χ2n) is 7.77. The first kappa shape index (κ1) is 16.4. The largest absolute Gasteiger partial charge is 0.344 e. The number of amides is 1. The van der Waals surface area contributed by atoms with E-state index in [1.807, 2.05) is 0 Å². The Kier molecular flexibility index (Phi) is 4.29. The Morgan fingerprint density at radius 1 is 1.12 bits per heavy atom. The van der Waals surface area contributed by atoms with Crippen molar-refractivity contribution in [3.05, 3.63) is 17.8 Å². The predicted molar refractivity (Wildman–Crippen MR) is 103 cm³/mol. The third kappa shape index (κ3) is 2.77. The summed E-state index contributed by atoms with van der Waals surface area (Å²) in [5.41, 5.74) is 0. The number of rotatable bonds is 2. The van der Waals surface area contributed by atoms with Crippen LogP contribution in [0.4, 0.5) is 5.82 Å². The number of nitrogens with zero attached hydrogens (tertiary/aromatic N) is 4. The van der Waals surface area contributed by atoms with E-state index in [-0.39, 0.29) is 6.04 Å². The summed E-state index contributed by atoms with van der Waals surface area (Å²) in [4.78, 5) is 27.6. The van der Waals surface area contributed by atoms with E-state index in [2.05, 4.69) is 36.5 Å². The number of aromatic nitrogens is 2. The Labute approximate surface area is 157 Å². The smallest absolute Gasteiger partial charge is 0.245 e. The molecular weight excluding hydrogens is 346 g/mol. The van der Waals surface area contributed by atoms with Crippen LogP contribution in [0.1, 0.15) is 25.7 Å². The zero-order valence-corrected chi connectivity index (χ0v) is 15.7. The van der Waals surface area contributed by atoms with Crippen molar-refractivity contribution in [2.24, 2.45) is 11.8 Å². The molecule has 1 amide bonds. The first-order chi connectivity index (χ1) is 12.8. The summed E-state index contributed by atoms with van der Waals surface area (Å²) in [7, 11) is 0. The van der Waals surface area contributed by atoms with Crippen molar-refractivity contribution in [3.63, 3.8) is 0 Å². The van der Waals surface area contributed by atoms with Gasteiger partial charge in [-0.2, -0.15) is 0 Å². The molecule has 5 heterocycles. The molecule has 3 aliphatic rings. The maximum atomic E-state index is 13.4. The van der Waals surface area contributed by atoms with Crippen molar-refractivity contribution in [3.8, 4) is 0 Å². The number of fused-ring (bicyclic) bond motifs is 2. The molecule has 26 heavy (non-hydrogen) atoms. The van der Waals surface area contributed by atoms with Crippen LogP contribution in [0.25, 0.3) is 10.2 Å². The fourth-order valence-corrected chi connectivity index (χ4v) is 5.66. The minimum Gasteiger partial charge on any atom is -0.344 e. The Morgan fingerprint density at radius 2 is 1.92 bits per heavy atom. The van der Waals surface area contributed by atoms with Crippen LogP contribution in [0.5, 0.6) is 0 Å². The van der Waals surface area contributed by atoms with Gasteiger partial charge < -0.3 is 15.1 Å². The van der Waals surface area contributed by atoms with Crippen LogP contribution in [-0.2, 0) is 4.79 Å². The van der Waals surface area contributed by atoms with Gasteiger partial charge in [0.1, 0.15) is 23.0 Å². The van der Waals surface area contributed by atoms with Crippen molar-refractivity contribution in [2.75, 3.05) is 37.6 Å². The number of carbonyl (C=O) groups excluding carboxylic acids is 1. The lowest BCUT2D eigenvalue weighted by Gasteiger charge is -2.30. The summed E-state index contributed by atoms with van der Waals surface area (Å²) in [6, 6.07) is 2.01. The van der Waals surface area contributed by atoms with Gasteiger partial charge in [-0.3, -0.25) is 4.79 Å². The SMILES string of the molecule is O=C(C1CCCN1c1ncnc2sccc12)N1CC[C@@H]2CNC[C@@H]2CC1. The molecule has 0 aromatic carbocycles. The molecule has 0 bridgehead atoms. The van der Waals surface area contributed by atoms with Gasteiger partial charge in [-0.15, -0.1) is 11.3 Å². The summed E-state index contributed by atoms with van der Waals surface area (Å²) in [5, 5.41) is 6.64. The monoisotopic (exact) mass is 371 g/mol. The molecule has 3 fully saturated rings. The molecular formula is C19H25N5OS. The molecule has 5 rings (SSSR count). The minimum absolute atomic E-state index is 0.0657. The van der Waals surface area contributed by atoms with Crippen molar-refractivity contribution in [1.29, 1.82) is 0 Å². The third-order valence-corrected chi connectivity index (χ3v) is 7.20. The van der Waals surface area contributed by atoms with Gasteiger partial charge in [0, 0.05) is 19.6 Å². The molecule has 0 spiro atoms. The van der Waals surface area contributed by atoms with E-state index in [1.165, 1.54) is 0 Å². The Hall–Kier alpha value is -1.73. The standard InChI is InChI=1S/C19H25N5OS/c25-19(23-7-3-13-10-20-11-14(13)4-8-23)16-2-1-6-24(16)17-15-5-9-26-18(15)22-12-21-17/h5,9,12-14,16,20H,1-4,6-8,10-11H2/t13-,14+,16?. The average molecular weight is 372 g/mol. The fraction of sp³-hybridized carbons (Fsp3) is 0.632. The Balaban J connectivity index is 1.37. The van der Waals surface area contributed by atoms with Gasteiger partial charge in [0.25, 0.3) is 0 Å². The summed E-state index contributed by atoms with van der Waals surface area (Å²) >= 11 is 1.63. The molecule has 1 N–H and O–H groups in total. The van der Waals surface area contributed by atoms with E-state index in [0.717, 1.165) is 86.3 Å². The molecule has 2 aromatic heterocycles. The van der Waals surface area contributed by atoms with Gasteiger partial charge in [0.15, 0.2) is 0 Å². The van der Waals surface area contributed by atoms with Crippen LogP contribution in [0.3, 0.4) is 0 Å². The molecule has 3 atom stereocenters. The Bertz CT molecular complexity index is 794. The first-order valence-electron chi connectivity index (χ1n) is 9.75. The van der Waals surface area contributed by atoms with E-state index in [4.69, 9.17) is 0 Å². The molecule has 1 unspecified atom stereocenters. The van der Waals surface area contributed by atoms with E-state index in [9.17, 15) is 4.79 Å². The number of carbonyl (C=O) groups is 1. The molecule has 6 nitrogen and oxygen atoms in total. The lowest BCUT2D eigenvalue weighted by molar-refractivity contribution is -0.132. The highest BCUT2D eigenvalue weighted by atomic mass is 32.1. The van der Waals surface area contributed by atoms with E-state index < -0.39 is 0 Å². The van der Waals surface area contributed by atoms with Crippen molar-refractivity contribution in [2.45, 2.75) is 31.7 Å². The highest BCUT2D eigenvalue weighted by Gasteiger charge is 2.38. The molecule has 0 aliphatic carbocycles. The number of likely N-dealkylation sites (tertiary alicyclic amines) is 1. The maximum absolute atomic E-state index is 13.4. The highest BCUT2D eigenvalue weighted by molar-refractivity contribution is 7.16. The Morgan fingerprint density at radius 3 is 2.73 bits per heavy atom. The highest BCUT2D eigenvalue weighted by Crippen LogP contribution is 2.33. The van der Waals surface area contributed by atoms with Gasteiger partial charge in [0.2, 0.25) is 5.91 Å². The lowest BCUT2D eigenvalue weighted by Crippen LogP contribution is -2.46. The van der Waals surface area contributed by atoms with Crippen LogP contribution >= 0.6 is 11.3 Å². The molecule has 0 saturated carbocycles. The van der Waals surface area contributed by atoms with Crippen LogP contribution in [-0.4, -0.2) is 59.5 Å². The van der Waals surface area contributed by atoms with Gasteiger partial charge in [-0.05, 0) is 62.1 Å². The summed E-state index contributed by atoms with van der Waals surface area (Å²) in [6.07, 6.45) is 5.89. The van der Waals surface area contributed by atoms with Crippen molar-refractivity contribution < 1.29 is 4.79 Å². The maximum Gasteiger partial charge on any atom is 0.245 e. The van der Waals surface area contributed by atoms with E-state index in [1.54, 1.807) is 17.7 Å². The van der Waals surface area contributed by atoms with Gasteiger partial charge in [-0.25, -0.2) is 9.97 Å². The fourth-order valence-electron chi connectivity index (χ4n) is 4.93. The van der Waals surface area contributed by atoms with Gasteiger partial charge in [0.05, 0.1) is 5.39 Å². The van der Waals surface area contributed by atoms with Crippen molar-refractivity contribution in [1.82, 2.24) is 20.2 Å². The first-order valence-corrected chi connectivity index (χ1v) is 10.6. The van der Waals surface area contributed by atoms with E-state index >= 15 is 0 Å². The third-order valence-electron chi connectivity index (χ3n) is 6.38. The summed E-state index contributed by atoms with van der Waals surface area (Å²) in [5.74, 6) is 2.74. The zero-order chi connectivity index (χ0) is 17.5. The van der Waals surface area contributed by atoms with Gasteiger partial charge in [-0.1, -0.05) is 0 Å². The topological polar surface area (TPSA) is 61.4 Å². The summed E-state index contributed by atoms with van der Waals surface area (Å²) in [6.45, 7) is 4.97. The number of thiophene rings is 1. The predicted octanol–water partition coefficient (Wildman–Crippen LogP) is 2.12. The summed E-state index contributed by atoms with van der Waals surface area (Å²) < 4.78 is 0. The van der Waals surface area contributed by atoms with Gasteiger partial charge >= 0.3 is 0 Å². The van der Waals surface area contributed by atoms with Crippen molar-refractivity contribution >= 4 is 33.3 Å². The number of hydrogen-bond acceptors (Lipinski definition) is 6. The number of hydrogen-bond donors (Lipinski definition) is 1. The quantitative estimate of drug-likeness (QED) is 0.876. The normalized spacial score (nSPS) is 29.2. The molecule has 0 radical (unpaired) electrons. The average Bonchev–Trinajstić information content (AvgIpc) is 3.39. The van der Waals surface area contributed by atoms with Crippen LogP contribution in [0, 0.1) is 11.8 Å². The molecule has 138 valence electrons. The second-order valence-corrected chi connectivity index (χ2v) is 8.66. The zero-order valence-electron chi connectivity index (χ0n) is 14.9. The molecule has 2 aromatic rings. The minimum atomic E-state index is -0.0657. The van der Waals surface area contributed by atoms with Crippen LogP contribution in [0.2, 0.25) is 0 Å². The number of nitrogens with one attached hydrogen (secondary N) is 1. The molecule has 3 aliphatic heterocycles.